The van der Waals surface area contributed by atoms with E-state index < -0.39 is 41.3 Å². The number of hydrogen-bond donors (Lipinski definition) is 1. The van der Waals surface area contributed by atoms with Crippen molar-refractivity contribution in [2.75, 3.05) is 0 Å². The van der Waals surface area contributed by atoms with Crippen LogP contribution in [0.4, 0.5) is 4.79 Å². The Labute approximate surface area is 109 Å². The fourth-order valence-corrected chi connectivity index (χ4v) is 1.41. The van der Waals surface area contributed by atoms with Gasteiger partial charge in [-0.25, -0.2) is 4.79 Å². The number of carboxylic acid groups (broad SMARTS) is 1. The van der Waals surface area contributed by atoms with Gasteiger partial charge < -0.3 is 14.6 Å². The van der Waals surface area contributed by atoms with E-state index in [1.54, 1.807) is 0 Å². The summed E-state index contributed by atoms with van der Waals surface area (Å²) in [6, 6.07) is 0. The Balaban J connectivity index is 2.59. The summed E-state index contributed by atoms with van der Waals surface area (Å²) < 4.78 is 9.42. The van der Waals surface area contributed by atoms with Crippen molar-refractivity contribution in [2.45, 2.75) is 45.8 Å². The molecule has 1 saturated carbocycles. The van der Waals surface area contributed by atoms with Gasteiger partial charge >= 0.3 is 12.1 Å². The quantitative estimate of drug-likeness (QED) is 0.599. The van der Waals surface area contributed by atoms with Crippen LogP contribution in [0.15, 0.2) is 0 Å². The van der Waals surface area contributed by atoms with E-state index in [4.69, 9.17) is 9.84 Å². The van der Waals surface area contributed by atoms with Crippen molar-refractivity contribution in [1.82, 2.24) is 0 Å². The molecule has 7 nitrogen and oxygen atoms in total. The van der Waals surface area contributed by atoms with Crippen LogP contribution in [0.1, 0.15) is 33.6 Å². The van der Waals surface area contributed by atoms with Crippen LogP contribution in [0.3, 0.4) is 0 Å². The summed E-state index contributed by atoms with van der Waals surface area (Å²) in [5, 5.41) is 8.95. The van der Waals surface area contributed by atoms with Crippen molar-refractivity contribution in [3.63, 3.8) is 0 Å². The highest BCUT2D eigenvalue weighted by Gasteiger charge is 2.40. The van der Waals surface area contributed by atoms with Crippen LogP contribution in [-0.2, 0) is 23.9 Å². The van der Waals surface area contributed by atoms with Crippen molar-refractivity contribution in [1.29, 1.82) is 0 Å². The first kappa shape index (κ1) is 15.1. The average Bonchev–Trinajstić information content (AvgIpc) is 2.60. The second kappa shape index (κ2) is 5.38. The highest BCUT2D eigenvalue weighted by Crippen LogP contribution is 2.24. The molecule has 106 valence electrons. The van der Waals surface area contributed by atoms with Crippen LogP contribution < -0.4 is 0 Å². The molecule has 1 aliphatic rings. The lowest BCUT2D eigenvalue weighted by Gasteiger charge is -2.26. The normalized spacial score (nSPS) is 18.3. The summed E-state index contributed by atoms with van der Waals surface area (Å²) in [6.07, 6.45) is -3.49. The van der Waals surface area contributed by atoms with E-state index in [1.165, 1.54) is 20.8 Å². The maximum Gasteiger partial charge on any atom is 0.509 e. The van der Waals surface area contributed by atoms with Gasteiger partial charge in [0.15, 0.2) is 11.6 Å². The predicted molar refractivity (Wildman–Crippen MR) is 61.5 cm³/mol. The van der Waals surface area contributed by atoms with Gasteiger partial charge in [-0.3, -0.25) is 14.4 Å². The summed E-state index contributed by atoms with van der Waals surface area (Å²) in [5.41, 5.74) is -1.30. The zero-order valence-electron chi connectivity index (χ0n) is 11.0. The van der Waals surface area contributed by atoms with Gasteiger partial charge in [0.1, 0.15) is 6.10 Å². The molecule has 1 rings (SSSR count). The van der Waals surface area contributed by atoms with Gasteiger partial charge in [-0.2, -0.15) is 0 Å². The van der Waals surface area contributed by atoms with Gasteiger partial charge in [-0.15, -0.1) is 0 Å². The zero-order chi connectivity index (χ0) is 14.8. The number of ether oxygens (including phenoxy) is 2. The number of rotatable bonds is 4. The Kier molecular flexibility index (Phi) is 4.28. The van der Waals surface area contributed by atoms with Crippen LogP contribution in [0, 0.1) is 5.41 Å². The monoisotopic (exact) mass is 272 g/mol. The first-order chi connectivity index (χ1) is 8.66. The first-order valence-electron chi connectivity index (χ1n) is 5.82. The molecule has 1 atom stereocenters. The third-order valence-electron chi connectivity index (χ3n) is 3.26. The first-order valence-corrected chi connectivity index (χ1v) is 5.82. The van der Waals surface area contributed by atoms with Gasteiger partial charge in [0, 0.05) is 12.8 Å². The maximum atomic E-state index is 11.4. The van der Waals surface area contributed by atoms with E-state index in [0.717, 1.165) is 0 Å². The van der Waals surface area contributed by atoms with Gasteiger partial charge in [0.25, 0.3) is 0 Å². The molecule has 1 aliphatic carbocycles. The topological polar surface area (TPSA) is 107 Å². The molecule has 0 aromatic rings. The van der Waals surface area contributed by atoms with E-state index in [-0.39, 0.29) is 12.8 Å². The molecule has 1 fully saturated rings. The molecule has 0 spiro atoms. The Hall–Kier alpha value is -1.92. The Bertz CT molecular complexity index is 408. The smallest absolute Gasteiger partial charge is 0.481 e. The largest absolute Gasteiger partial charge is 0.509 e. The van der Waals surface area contributed by atoms with Gasteiger partial charge in [0.05, 0.1) is 5.41 Å². The lowest BCUT2D eigenvalue weighted by atomic mass is 9.88. The Morgan fingerprint density at radius 2 is 1.74 bits per heavy atom. The van der Waals surface area contributed by atoms with Crippen LogP contribution in [-0.4, -0.2) is 41.0 Å². The van der Waals surface area contributed by atoms with Gasteiger partial charge in [-0.1, -0.05) is 0 Å². The van der Waals surface area contributed by atoms with Crippen molar-refractivity contribution < 1.29 is 33.8 Å². The lowest BCUT2D eigenvalue weighted by Crippen LogP contribution is -2.39. The number of Topliss-reactive ketones (excluding diaryl/α,β-unsaturated/α-hetero) is 2. The number of carboxylic acids is 1. The molecule has 0 saturated heterocycles. The second-order valence-electron chi connectivity index (χ2n) is 4.97. The molecule has 19 heavy (non-hydrogen) atoms. The van der Waals surface area contributed by atoms with E-state index in [2.05, 4.69) is 4.74 Å². The van der Waals surface area contributed by atoms with Crippen LogP contribution >= 0.6 is 0 Å². The summed E-state index contributed by atoms with van der Waals surface area (Å²) >= 11 is 0. The number of hydrogen-bond acceptors (Lipinski definition) is 6. The van der Waals surface area contributed by atoms with E-state index in [1.807, 2.05) is 0 Å². The third kappa shape index (κ3) is 3.30. The van der Waals surface area contributed by atoms with Gasteiger partial charge in [-0.05, 0) is 20.8 Å². The molecule has 0 radical (unpaired) electrons. The number of carbonyl (C=O) groups excluding carboxylic acids is 3. The van der Waals surface area contributed by atoms with Crippen LogP contribution in [0.5, 0.6) is 0 Å². The maximum absolute atomic E-state index is 11.4. The summed E-state index contributed by atoms with van der Waals surface area (Å²) in [5.74, 6) is -2.07. The van der Waals surface area contributed by atoms with Crippen molar-refractivity contribution in [3.05, 3.63) is 0 Å². The van der Waals surface area contributed by atoms with E-state index >= 15 is 0 Å². The number of aliphatic carboxylic acids is 1. The Morgan fingerprint density at radius 1 is 1.26 bits per heavy atom. The third-order valence-corrected chi connectivity index (χ3v) is 3.26. The van der Waals surface area contributed by atoms with Gasteiger partial charge in [0.2, 0.25) is 6.10 Å². The van der Waals surface area contributed by atoms with Crippen molar-refractivity contribution >= 4 is 23.7 Å². The molecule has 1 N–H and O–H groups in total. The SMILES string of the molecule is CC(OC(=O)OC1C(=O)CCC1=O)C(C)(C)C(=O)O. The van der Waals surface area contributed by atoms with Crippen molar-refractivity contribution in [2.24, 2.45) is 5.41 Å². The molecular weight excluding hydrogens is 256 g/mol. The fourth-order valence-electron chi connectivity index (χ4n) is 1.41. The molecule has 0 aromatic carbocycles. The van der Waals surface area contributed by atoms with Crippen LogP contribution in [0.25, 0.3) is 0 Å². The Morgan fingerprint density at radius 3 is 2.16 bits per heavy atom. The van der Waals surface area contributed by atoms with Crippen LogP contribution in [0.2, 0.25) is 0 Å². The van der Waals surface area contributed by atoms with E-state index in [0.29, 0.717) is 0 Å². The standard InChI is InChI=1S/C12H16O7/c1-6(12(2,3)10(15)16)18-11(17)19-9-7(13)4-5-8(9)14/h6,9H,4-5H2,1-3H3,(H,15,16). The summed E-state index contributed by atoms with van der Waals surface area (Å²) in [6.45, 7) is 4.17. The minimum Gasteiger partial charge on any atom is -0.481 e. The van der Waals surface area contributed by atoms with E-state index in [9.17, 15) is 19.2 Å². The number of ketones is 2. The summed E-state index contributed by atoms with van der Waals surface area (Å²) in [4.78, 5) is 44.9. The average molecular weight is 272 g/mol. The molecule has 0 bridgehead atoms. The second-order valence-corrected chi connectivity index (χ2v) is 4.97. The highest BCUT2D eigenvalue weighted by atomic mass is 16.7. The molecule has 1 unspecified atom stereocenters. The minimum atomic E-state index is -1.41. The molecule has 0 amide bonds. The highest BCUT2D eigenvalue weighted by molar-refractivity contribution is 6.12. The predicted octanol–water partition coefficient (Wildman–Crippen LogP) is 0.940. The lowest BCUT2D eigenvalue weighted by molar-refractivity contribution is -0.155. The summed E-state index contributed by atoms with van der Waals surface area (Å²) in [7, 11) is 0. The molecular formula is C12H16O7. The zero-order valence-corrected chi connectivity index (χ0v) is 11.0. The molecule has 0 aliphatic heterocycles. The molecule has 0 heterocycles. The molecule has 7 heteroatoms. The molecule has 0 aromatic heterocycles. The van der Waals surface area contributed by atoms with Crippen molar-refractivity contribution in [3.8, 4) is 0 Å². The fraction of sp³-hybridized carbons (Fsp3) is 0.667. The number of carbonyl (C=O) groups is 4. The minimum absolute atomic E-state index is 0.0486.